The molecule has 5 nitrogen and oxygen atoms in total. The van der Waals surface area contributed by atoms with Gasteiger partial charge in [0, 0.05) is 46.2 Å². The molecular formula is C20H32N4O. The van der Waals surface area contributed by atoms with E-state index in [4.69, 9.17) is 4.99 Å². The van der Waals surface area contributed by atoms with Gasteiger partial charge in [-0.05, 0) is 31.7 Å². The van der Waals surface area contributed by atoms with Gasteiger partial charge in [0.25, 0.3) is 0 Å². The van der Waals surface area contributed by atoms with Gasteiger partial charge in [0.15, 0.2) is 5.96 Å². The van der Waals surface area contributed by atoms with Crippen LogP contribution >= 0.6 is 0 Å². The van der Waals surface area contributed by atoms with E-state index >= 15 is 0 Å². The largest absolute Gasteiger partial charge is 0.357 e. The van der Waals surface area contributed by atoms with Crippen molar-refractivity contribution in [1.29, 1.82) is 0 Å². The highest BCUT2D eigenvalue weighted by molar-refractivity contribution is 5.79. The maximum atomic E-state index is 12.0. The molecule has 0 saturated carbocycles. The smallest absolute Gasteiger partial charge is 0.222 e. The third kappa shape index (κ3) is 6.77. The zero-order valence-electron chi connectivity index (χ0n) is 15.7. The highest BCUT2D eigenvalue weighted by Gasteiger charge is 2.15. The summed E-state index contributed by atoms with van der Waals surface area (Å²) in [6, 6.07) is 10.4. The van der Waals surface area contributed by atoms with E-state index in [0.717, 1.165) is 57.9 Å². The summed E-state index contributed by atoms with van der Waals surface area (Å²) in [5.74, 6) is 1.24. The van der Waals surface area contributed by atoms with Crippen molar-refractivity contribution >= 4 is 11.9 Å². The van der Waals surface area contributed by atoms with Crippen molar-refractivity contribution in [2.75, 3.05) is 33.2 Å². The Morgan fingerprint density at radius 1 is 1.24 bits per heavy atom. The van der Waals surface area contributed by atoms with Gasteiger partial charge in [-0.25, -0.2) is 0 Å². The number of hydrogen-bond acceptors (Lipinski definition) is 2. The Hall–Kier alpha value is -2.04. The van der Waals surface area contributed by atoms with Crippen LogP contribution in [-0.4, -0.2) is 54.9 Å². The second-order valence-electron chi connectivity index (χ2n) is 6.62. The van der Waals surface area contributed by atoms with Gasteiger partial charge in [0.1, 0.15) is 0 Å². The molecule has 2 rings (SSSR count). The number of aliphatic imine (C=N–C) groups is 1. The first kappa shape index (κ1) is 19.3. The zero-order valence-corrected chi connectivity index (χ0v) is 15.7. The molecule has 0 radical (unpaired) electrons. The lowest BCUT2D eigenvalue weighted by atomic mass is 10.2. The topological polar surface area (TPSA) is 47.9 Å². The molecule has 1 aromatic carbocycles. The molecule has 0 aliphatic carbocycles. The molecular weight excluding hydrogens is 312 g/mol. The molecule has 1 aliphatic rings. The quantitative estimate of drug-likeness (QED) is 0.470. The van der Waals surface area contributed by atoms with Crippen LogP contribution in [0.25, 0.3) is 0 Å². The average molecular weight is 345 g/mol. The summed E-state index contributed by atoms with van der Waals surface area (Å²) < 4.78 is 0. The van der Waals surface area contributed by atoms with E-state index in [-0.39, 0.29) is 0 Å². The first-order chi connectivity index (χ1) is 12.2. The molecule has 0 unspecified atom stereocenters. The Bertz CT molecular complexity index is 544. The summed E-state index contributed by atoms with van der Waals surface area (Å²) in [4.78, 5) is 20.9. The second kappa shape index (κ2) is 10.7. The van der Waals surface area contributed by atoms with Crippen molar-refractivity contribution in [1.82, 2.24) is 15.1 Å². The van der Waals surface area contributed by atoms with E-state index in [9.17, 15) is 4.79 Å². The van der Waals surface area contributed by atoms with Crippen LogP contribution in [0.15, 0.2) is 35.3 Å². The predicted molar refractivity (Wildman–Crippen MR) is 104 cm³/mol. The van der Waals surface area contributed by atoms with Crippen LogP contribution in [0.1, 0.15) is 44.6 Å². The van der Waals surface area contributed by atoms with Gasteiger partial charge in [0.05, 0.1) is 0 Å². The van der Waals surface area contributed by atoms with Crippen LogP contribution in [0.3, 0.4) is 0 Å². The van der Waals surface area contributed by atoms with E-state index < -0.39 is 0 Å². The molecule has 1 saturated heterocycles. The van der Waals surface area contributed by atoms with Crippen LogP contribution in [0.2, 0.25) is 0 Å². The molecule has 0 spiro atoms. The number of amides is 1. The first-order valence-corrected chi connectivity index (χ1v) is 9.52. The van der Waals surface area contributed by atoms with E-state index in [0.29, 0.717) is 12.3 Å². The van der Waals surface area contributed by atoms with Crippen molar-refractivity contribution in [2.24, 2.45) is 4.99 Å². The SMILES string of the molecule is CCNC(=NCCCN1CCCCCC1=O)N(C)Cc1ccccc1. The van der Waals surface area contributed by atoms with Gasteiger partial charge >= 0.3 is 0 Å². The lowest BCUT2D eigenvalue weighted by Gasteiger charge is -2.23. The summed E-state index contributed by atoms with van der Waals surface area (Å²) in [5.41, 5.74) is 1.27. The third-order valence-corrected chi connectivity index (χ3v) is 4.48. The maximum Gasteiger partial charge on any atom is 0.222 e. The number of guanidine groups is 1. The summed E-state index contributed by atoms with van der Waals surface area (Å²) in [7, 11) is 2.06. The van der Waals surface area contributed by atoms with Crippen LogP contribution < -0.4 is 5.32 Å². The third-order valence-electron chi connectivity index (χ3n) is 4.48. The van der Waals surface area contributed by atoms with E-state index in [1.54, 1.807) is 0 Å². The summed E-state index contributed by atoms with van der Waals surface area (Å²) >= 11 is 0. The predicted octanol–water partition coefficient (Wildman–Crippen LogP) is 2.88. The maximum absolute atomic E-state index is 12.0. The molecule has 1 aliphatic heterocycles. The van der Waals surface area contributed by atoms with Crippen molar-refractivity contribution in [2.45, 2.75) is 45.6 Å². The van der Waals surface area contributed by atoms with Gasteiger partial charge < -0.3 is 15.1 Å². The number of rotatable bonds is 7. The van der Waals surface area contributed by atoms with Gasteiger partial charge in [-0.15, -0.1) is 0 Å². The normalized spacial score (nSPS) is 15.8. The monoisotopic (exact) mass is 344 g/mol. The number of likely N-dealkylation sites (tertiary alicyclic amines) is 1. The number of nitrogens with one attached hydrogen (secondary N) is 1. The van der Waals surface area contributed by atoms with Crippen molar-refractivity contribution in [3.05, 3.63) is 35.9 Å². The van der Waals surface area contributed by atoms with Crippen molar-refractivity contribution in [3.8, 4) is 0 Å². The molecule has 138 valence electrons. The summed E-state index contributed by atoms with van der Waals surface area (Å²) in [6.45, 7) is 6.24. The summed E-state index contributed by atoms with van der Waals surface area (Å²) in [5, 5.41) is 3.36. The lowest BCUT2D eigenvalue weighted by molar-refractivity contribution is -0.130. The van der Waals surface area contributed by atoms with Crippen LogP contribution in [0.4, 0.5) is 0 Å². The summed E-state index contributed by atoms with van der Waals surface area (Å²) in [6.07, 6.45) is 4.99. The molecule has 1 aromatic rings. The van der Waals surface area contributed by atoms with Crippen LogP contribution in [0, 0.1) is 0 Å². The highest BCUT2D eigenvalue weighted by atomic mass is 16.2. The molecule has 1 heterocycles. The number of carbonyl (C=O) groups is 1. The minimum absolute atomic E-state index is 0.314. The molecule has 0 bridgehead atoms. The van der Waals surface area contributed by atoms with E-state index in [2.05, 4.69) is 48.5 Å². The number of benzene rings is 1. The zero-order chi connectivity index (χ0) is 17.9. The molecule has 1 N–H and O–H groups in total. The van der Waals surface area contributed by atoms with Crippen LogP contribution in [-0.2, 0) is 11.3 Å². The minimum atomic E-state index is 0.314. The fourth-order valence-corrected chi connectivity index (χ4v) is 3.12. The average Bonchev–Trinajstić information content (AvgIpc) is 2.83. The van der Waals surface area contributed by atoms with E-state index in [1.165, 1.54) is 12.0 Å². The Morgan fingerprint density at radius 2 is 2.04 bits per heavy atom. The number of nitrogens with zero attached hydrogens (tertiary/aromatic N) is 3. The van der Waals surface area contributed by atoms with Crippen molar-refractivity contribution in [3.63, 3.8) is 0 Å². The van der Waals surface area contributed by atoms with E-state index in [1.807, 2.05) is 11.0 Å². The Kier molecular flexibility index (Phi) is 8.29. The molecule has 1 amide bonds. The second-order valence-corrected chi connectivity index (χ2v) is 6.62. The number of carbonyl (C=O) groups excluding carboxylic acids is 1. The molecule has 0 atom stereocenters. The van der Waals surface area contributed by atoms with Crippen LogP contribution in [0.5, 0.6) is 0 Å². The molecule has 25 heavy (non-hydrogen) atoms. The first-order valence-electron chi connectivity index (χ1n) is 9.52. The van der Waals surface area contributed by atoms with Gasteiger partial charge in [0.2, 0.25) is 5.91 Å². The van der Waals surface area contributed by atoms with Gasteiger partial charge in [-0.2, -0.15) is 0 Å². The standard InChI is InChI=1S/C20H32N4O/c1-3-21-20(23(2)17-18-11-6-4-7-12-18)22-14-10-16-24-15-9-5-8-13-19(24)25/h4,6-7,11-12H,3,5,8-10,13-17H2,1-2H3,(H,21,22). The van der Waals surface area contributed by atoms with Crippen molar-refractivity contribution < 1.29 is 4.79 Å². The fourth-order valence-electron chi connectivity index (χ4n) is 3.12. The number of hydrogen-bond donors (Lipinski definition) is 1. The highest BCUT2D eigenvalue weighted by Crippen LogP contribution is 2.11. The lowest BCUT2D eigenvalue weighted by Crippen LogP contribution is -2.38. The molecule has 1 fully saturated rings. The van der Waals surface area contributed by atoms with Gasteiger partial charge in [-0.3, -0.25) is 9.79 Å². The minimum Gasteiger partial charge on any atom is -0.357 e. The molecule has 0 aromatic heterocycles. The Balaban J connectivity index is 1.82. The fraction of sp³-hybridized carbons (Fsp3) is 0.600. The Morgan fingerprint density at radius 3 is 2.80 bits per heavy atom. The molecule has 5 heteroatoms. The Labute approximate surface area is 152 Å². The van der Waals surface area contributed by atoms with Gasteiger partial charge in [-0.1, -0.05) is 36.8 Å².